The van der Waals surface area contributed by atoms with Crippen LogP contribution in [0.1, 0.15) is 49.7 Å². The van der Waals surface area contributed by atoms with Crippen LogP contribution in [0, 0.1) is 6.92 Å². The Bertz CT molecular complexity index is 495. The summed E-state index contributed by atoms with van der Waals surface area (Å²) in [4.78, 5) is 26.1. The number of amides is 2. The highest BCUT2D eigenvalue weighted by Gasteiger charge is 2.13. The second-order valence-corrected chi connectivity index (χ2v) is 5.71. The third kappa shape index (κ3) is 6.86. The van der Waals surface area contributed by atoms with Crippen molar-refractivity contribution in [1.82, 2.24) is 15.5 Å². The summed E-state index contributed by atoms with van der Waals surface area (Å²) in [5, 5.41) is 5.51. The average molecular weight is 323 g/mol. The summed E-state index contributed by atoms with van der Waals surface area (Å²) in [6, 6.07) is 1.70. The van der Waals surface area contributed by atoms with Crippen molar-refractivity contribution in [3.05, 3.63) is 23.7 Å². The van der Waals surface area contributed by atoms with E-state index in [9.17, 15) is 9.59 Å². The number of carbonyl (C=O) groups excluding carboxylic acids is 2. The average Bonchev–Trinajstić information content (AvgIpc) is 2.95. The molecule has 0 bridgehead atoms. The number of aryl methyl sites for hydroxylation is 1. The summed E-state index contributed by atoms with van der Waals surface area (Å²) >= 11 is 0. The van der Waals surface area contributed by atoms with Gasteiger partial charge in [-0.05, 0) is 52.4 Å². The van der Waals surface area contributed by atoms with Gasteiger partial charge >= 0.3 is 0 Å². The van der Waals surface area contributed by atoms with E-state index in [-0.39, 0.29) is 24.4 Å². The third-order valence-corrected chi connectivity index (χ3v) is 3.93. The molecule has 23 heavy (non-hydrogen) atoms. The molecule has 0 saturated heterocycles. The molecule has 2 amide bonds. The molecule has 1 rings (SSSR count). The van der Waals surface area contributed by atoms with Crippen molar-refractivity contribution in [3.63, 3.8) is 0 Å². The van der Waals surface area contributed by atoms with Gasteiger partial charge in [-0.15, -0.1) is 0 Å². The number of nitrogens with zero attached hydrogens (tertiary/aromatic N) is 1. The van der Waals surface area contributed by atoms with E-state index >= 15 is 0 Å². The lowest BCUT2D eigenvalue weighted by Gasteiger charge is -2.19. The van der Waals surface area contributed by atoms with E-state index in [4.69, 9.17) is 4.42 Å². The van der Waals surface area contributed by atoms with Crippen LogP contribution in [0.5, 0.6) is 0 Å². The summed E-state index contributed by atoms with van der Waals surface area (Å²) in [6.07, 6.45) is 3.43. The van der Waals surface area contributed by atoms with E-state index in [1.54, 1.807) is 13.0 Å². The SMILES string of the molecule is CCN(CC)CCC[C@H](C)NC(=O)CNC(=O)c1ccoc1C. The molecule has 0 aliphatic carbocycles. The zero-order chi connectivity index (χ0) is 17.2. The number of carbonyl (C=O) groups is 2. The Kier molecular flexibility index (Phi) is 8.40. The molecule has 1 aromatic heterocycles. The smallest absolute Gasteiger partial charge is 0.255 e. The highest BCUT2D eigenvalue weighted by Crippen LogP contribution is 2.07. The lowest BCUT2D eigenvalue weighted by atomic mass is 10.1. The first-order valence-corrected chi connectivity index (χ1v) is 8.31. The fourth-order valence-corrected chi connectivity index (χ4v) is 2.44. The predicted molar refractivity (Wildman–Crippen MR) is 90.4 cm³/mol. The molecule has 0 spiro atoms. The maximum Gasteiger partial charge on any atom is 0.255 e. The Morgan fingerprint density at radius 3 is 2.57 bits per heavy atom. The molecule has 0 aliphatic heterocycles. The van der Waals surface area contributed by atoms with Crippen LogP contribution in [0.2, 0.25) is 0 Å². The van der Waals surface area contributed by atoms with Gasteiger partial charge in [0.25, 0.3) is 5.91 Å². The zero-order valence-electron chi connectivity index (χ0n) is 14.6. The summed E-state index contributed by atoms with van der Waals surface area (Å²) < 4.78 is 5.07. The molecule has 0 aromatic carbocycles. The molecule has 0 unspecified atom stereocenters. The Morgan fingerprint density at radius 1 is 1.30 bits per heavy atom. The summed E-state index contributed by atoms with van der Waals surface area (Å²) in [7, 11) is 0. The summed E-state index contributed by atoms with van der Waals surface area (Å²) in [5.74, 6) is 0.0862. The number of rotatable bonds is 10. The standard InChI is InChI=1S/C17H29N3O3/c1-5-20(6-2)10-7-8-13(3)19-16(21)12-18-17(22)15-9-11-23-14(15)4/h9,11,13H,5-8,10,12H2,1-4H3,(H,18,22)(H,19,21)/t13-/m0/s1. The van der Waals surface area contributed by atoms with E-state index in [1.165, 1.54) is 6.26 Å². The Hall–Kier alpha value is -1.82. The van der Waals surface area contributed by atoms with Crippen LogP contribution in [0.3, 0.4) is 0 Å². The van der Waals surface area contributed by atoms with Gasteiger partial charge in [-0.3, -0.25) is 9.59 Å². The normalized spacial score (nSPS) is 12.2. The summed E-state index contributed by atoms with van der Waals surface area (Å²) in [6.45, 7) is 11.1. The van der Waals surface area contributed by atoms with Gasteiger partial charge in [0.15, 0.2) is 0 Å². The second kappa shape index (κ2) is 10.0. The summed E-state index contributed by atoms with van der Waals surface area (Å²) in [5.41, 5.74) is 0.463. The molecule has 1 heterocycles. The lowest BCUT2D eigenvalue weighted by molar-refractivity contribution is -0.120. The highest BCUT2D eigenvalue weighted by atomic mass is 16.3. The van der Waals surface area contributed by atoms with Gasteiger partial charge in [-0.1, -0.05) is 13.8 Å². The quantitative estimate of drug-likeness (QED) is 0.690. The van der Waals surface area contributed by atoms with Gasteiger partial charge in [-0.25, -0.2) is 0 Å². The van der Waals surface area contributed by atoms with Crippen LogP contribution in [-0.4, -0.2) is 48.9 Å². The first kappa shape index (κ1) is 19.2. The second-order valence-electron chi connectivity index (χ2n) is 5.71. The molecule has 2 N–H and O–H groups in total. The topological polar surface area (TPSA) is 74.6 Å². The van der Waals surface area contributed by atoms with E-state index < -0.39 is 0 Å². The molecular weight excluding hydrogens is 294 g/mol. The van der Waals surface area contributed by atoms with Crippen molar-refractivity contribution in [1.29, 1.82) is 0 Å². The Labute approximate surface area is 138 Å². The number of hydrogen-bond acceptors (Lipinski definition) is 4. The van der Waals surface area contributed by atoms with E-state index in [0.717, 1.165) is 32.5 Å². The molecule has 1 atom stereocenters. The van der Waals surface area contributed by atoms with Gasteiger partial charge in [0.2, 0.25) is 5.91 Å². The van der Waals surface area contributed by atoms with Gasteiger partial charge in [0.1, 0.15) is 5.76 Å². The molecule has 6 nitrogen and oxygen atoms in total. The third-order valence-electron chi connectivity index (χ3n) is 3.93. The van der Waals surface area contributed by atoms with Gasteiger partial charge in [-0.2, -0.15) is 0 Å². The molecule has 0 fully saturated rings. The minimum atomic E-state index is -0.291. The Balaban J connectivity index is 2.23. The van der Waals surface area contributed by atoms with Gasteiger partial charge < -0.3 is 20.0 Å². The maximum absolute atomic E-state index is 11.9. The molecule has 0 radical (unpaired) electrons. The van der Waals surface area contributed by atoms with Gasteiger partial charge in [0.05, 0.1) is 18.4 Å². The Morgan fingerprint density at radius 2 is 2.00 bits per heavy atom. The number of furan rings is 1. The molecule has 130 valence electrons. The van der Waals surface area contributed by atoms with Crippen LogP contribution >= 0.6 is 0 Å². The molecule has 0 aliphatic rings. The van der Waals surface area contributed by atoms with Crippen LogP contribution in [-0.2, 0) is 4.79 Å². The van der Waals surface area contributed by atoms with Crippen LogP contribution in [0.4, 0.5) is 0 Å². The molecule has 0 saturated carbocycles. The predicted octanol–water partition coefficient (Wildman–Crippen LogP) is 1.94. The fourth-order valence-electron chi connectivity index (χ4n) is 2.44. The van der Waals surface area contributed by atoms with E-state index in [2.05, 4.69) is 29.4 Å². The monoisotopic (exact) mass is 323 g/mol. The minimum Gasteiger partial charge on any atom is -0.469 e. The van der Waals surface area contributed by atoms with Crippen molar-refractivity contribution in [2.24, 2.45) is 0 Å². The van der Waals surface area contributed by atoms with Gasteiger partial charge in [0, 0.05) is 6.04 Å². The molecular formula is C17H29N3O3. The van der Waals surface area contributed by atoms with Crippen LogP contribution in [0.25, 0.3) is 0 Å². The largest absolute Gasteiger partial charge is 0.469 e. The number of nitrogens with one attached hydrogen (secondary N) is 2. The lowest BCUT2D eigenvalue weighted by Crippen LogP contribution is -2.41. The van der Waals surface area contributed by atoms with E-state index in [1.807, 2.05) is 6.92 Å². The van der Waals surface area contributed by atoms with Crippen molar-refractivity contribution < 1.29 is 14.0 Å². The molecule has 6 heteroatoms. The first-order valence-electron chi connectivity index (χ1n) is 8.31. The van der Waals surface area contributed by atoms with Crippen molar-refractivity contribution in [2.45, 2.75) is 46.6 Å². The number of hydrogen-bond donors (Lipinski definition) is 2. The van der Waals surface area contributed by atoms with Crippen LogP contribution < -0.4 is 10.6 Å². The fraction of sp³-hybridized carbons (Fsp3) is 0.647. The maximum atomic E-state index is 11.9. The van der Waals surface area contributed by atoms with Crippen molar-refractivity contribution in [2.75, 3.05) is 26.2 Å². The van der Waals surface area contributed by atoms with E-state index in [0.29, 0.717) is 11.3 Å². The first-order chi connectivity index (χ1) is 11.0. The van der Waals surface area contributed by atoms with Crippen molar-refractivity contribution >= 4 is 11.8 Å². The minimum absolute atomic E-state index is 0.0240. The van der Waals surface area contributed by atoms with Crippen LogP contribution in [0.15, 0.2) is 16.7 Å². The zero-order valence-corrected chi connectivity index (χ0v) is 14.6. The highest BCUT2D eigenvalue weighted by molar-refractivity contribution is 5.97. The van der Waals surface area contributed by atoms with Crippen molar-refractivity contribution in [3.8, 4) is 0 Å². The molecule has 1 aromatic rings.